The highest BCUT2D eigenvalue weighted by molar-refractivity contribution is 5.40. The average molecular weight is 293 g/mol. The van der Waals surface area contributed by atoms with Gasteiger partial charge in [-0.15, -0.1) is 0 Å². The molecule has 3 nitrogen and oxygen atoms in total. The van der Waals surface area contributed by atoms with Gasteiger partial charge in [-0.1, -0.05) is 18.2 Å². The van der Waals surface area contributed by atoms with Crippen LogP contribution in [0.25, 0.3) is 0 Å². The van der Waals surface area contributed by atoms with Crippen molar-refractivity contribution >= 4 is 0 Å². The van der Waals surface area contributed by atoms with Crippen LogP contribution in [-0.2, 0) is 13.0 Å². The summed E-state index contributed by atoms with van der Waals surface area (Å²) in [7, 11) is 1.70. The van der Waals surface area contributed by atoms with Gasteiger partial charge < -0.3 is 15.2 Å². The van der Waals surface area contributed by atoms with Crippen LogP contribution in [0.3, 0.4) is 0 Å². The van der Waals surface area contributed by atoms with Gasteiger partial charge in [0.1, 0.15) is 5.75 Å². The summed E-state index contributed by atoms with van der Waals surface area (Å²) < 4.78 is 33.4. The van der Waals surface area contributed by atoms with Crippen molar-refractivity contribution in [3.8, 4) is 11.5 Å². The molecule has 0 aromatic heterocycles. The minimum absolute atomic E-state index is 0.0631. The van der Waals surface area contributed by atoms with E-state index >= 15 is 0 Å². The number of halogens is 2. The van der Waals surface area contributed by atoms with Gasteiger partial charge in [0.25, 0.3) is 0 Å². The molecule has 112 valence electrons. The molecular weight excluding hydrogens is 276 g/mol. The minimum Gasteiger partial charge on any atom is -0.451 e. The summed E-state index contributed by atoms with van der Waals surface area (Å²) in [4.78, 5) is 0. The first-order valence-corrected chi connectivity index (χ1v) is 6.65. The van der Waals surface area contributed by atoms with E-state index in [0.717, 1.165) is 0 Å². The third-order valence-corrected chi connectivity index (χ3v) is 3.00. The van der Waals surface area contributed by atoms with E-state index in [2.05, 4.69) is 5.32 Å². The molecule has 0 saturated heterocycles. The van der Waals surface area contributed by atoms with Gasteiger partial charge in [0.05, 0.1) is 0 Å². The highest BCUT2D eigenvalue weighted by Crippen LogP contribution is 2.30. The molecule has 0 aliphatic carbocycles. The number of para-hydroxylation sites is 1. The van der Waals surface area contributed by atoms with Crippen molar-refractivity contribution in [2.24, 2.45) is 0 Å². The van der Waals surface area contributed by atoms with E-state index in [4.69, 9.17) is 9.84 Å². The van der Waals surface area contributed by atoms with Crippen LogP contribution in [0.5, 0.6) is 11.5 Å². The Labute approximate surface area is 122 Å². The molecule has 21 heavy (non-hydrogen) atoms. The van der Waals surface area contributed by atoms with E-state index in [1.54, 1.807) is 31.3 Å². The van der Waals surface area contributed by atoms with E-state index in [0.29, 0.717) is 29.8 Å². The van der Waals surface area contributed by atoms with Crippen molar-refractivity contribution < 1.29 is 18.6 Å². The Balaban J connectivity index is 2.31. The van der Waals surface area contributed by atoms with Crippen LogP contribution in [0.2, 0.25) is 0 Å². The van der Waals surface area contributed by atoms with Crippen LogP contribution < -0.4 is 10.1 Å². The fourth-order valence-electron chi connectivity index (χ4n) is 2.06. The van der Waals surface area contributed by atoms with E-state index in [1.807, 2.05) is 0 Å². The lowest BCUT2D eigenvalue weighted by Gasteiger charge is -2.12. The molecule has 0 radical (unpaired) electrons. The molecule has 0 unspecified atom stereocenters. The second-order valence-corrected chi connectivity index (χ2v) is 4.60. The van der Waals surface area contributed by atoms with Crippen LogP contribution in [0, 0.1) is 11.6 Å². The quantitative estimate of drug-likeness (QED) is 0.860. The first kappa shape index (κ1) is 15.4. The first-order chi connectivity index (χ1) is 10.2. The molecule has 0 heterocycles. The van der Waals surface area contributed by atoms with Crippen molar-refractivity contribution in [1.29, 1.82) is 0 Å². The molecule has 2 aromatic rings. The third-order valence-electron chi connectivity index (χ3n) is 3.00. The number of hydrogen-bond acceptors (Lipinski definition) is 3. The zero-order valence-electron chi connectivity index (χ0n) is 11.7. The van der Waals surface area contributed by atoms with Gasteiger partial charge in [0, 0.05) is 13.2 Å². The summed E-state index contributed by atoms with van der Waals surface area (Å²) in [6, 6.07) is 9.33. The Bertz CT molecular complexity index is 594. The molecule has 2 N–H and O–H groups in total. The zero-order chi connectivity index (χ0) is 15.2. The minimum atomic E-state index is -0.751. The molecule has 2 aromatic carbocycles. The Kier molecular flexibility index (Phi) is 5.25. The number of aliphatic hydroxyl groups is 1. The summed E-state index contributed by atoms with van der Waals surface area (Å²) in [5, 5.41) is 11.8. The zero-order valence-corrected chi connectivity index (χ0v) is 11.7. The number of hydrogen-bond donors (Lipinski definition) is 2. The smallest absolute Gasteiger partial charge is 0.198 e. The van der Waals surface area contributed by atoms with Crippen molar-refractivity contribution in [2.45, 2.75) is 13.0 Å². The van der Waals surface area contributed by atoms with Crippen molar-refractivity contribution in [1.82, 2.24) is 5.32 Å². The summed E-state index contributed by atoms with van der Waals surface area (Å²) in [6.07, 6.45) is 0.358. The van der Waals surface area contributed by atoms with E-state index in [9.17, 15) is 8.78 Å². The van der Waals surface area contributed by atoms with Crippen molar-refractivity contribution in [3.05, 3.63) is 59.2 Å². The number of aliphatic hydroxyl groups excluding tert-OH is 1. The van der Waals surface area contributed by atoms with Gasteiger partial charge in [-0.05, 0) is 42.8 Å². The van der Waals surface area contributed by atoms with Gasteiger partial charge in [-0.25, -0.2) is 8.78 Å². The topological polar surface area (TPSA) is 41.5 Å². The molecule has 0 saturated carbocycles. The SMILES string of the molecule is CNCc1cc(F)c(Oc2ccccc2CCO)c(F)c1. The van der Waals surface area contributed by atoms with Crippen molar-refractivity contribution in [2.75, 3.05) is 13.7 Å². The molecule has 0 atom stereocenters. The lowest BCUT2D eigenvalue weighted by Crippen LogP contribution is -2.06. The van der Waals surface area contributed by atoms with E-state index < -0.39 is 17.4 Å². The molecule has 0 bridgehead atoms. The highest BCUT2D eigenvalue weighted by Gasteiger charge is 2.15. The number of rotatable bonds is 6. The molecule has 0 amide bonds. The number of benzene rings is 2. The maximum Gasteiger partial charge on any atom is 0.198 e. The van der Waals surface area contributed by atoms with E-state index in [1.165, 1.54) is 12.1 Å². The van der Waals surface area contributed by atoms with Crippen molar-refractivity contribution in [3.63, 3.8) is 0 Å². The Morgan fingerprint density at radius 1 is 1.14 bits per heavy atom. The highest BCUT2D eigenvalue weighted by atomic mass is 19.1. The molecule has 5 heteroatoms. The molecule has 2 rings (SSSR count). The molecular formula is C16H17F2NO2. The van der Waals surface area contributed by atoms with Gasteiger partial charge in [0.15, 0.2) is 17.4 Å². The predicted octanol–water partition coefficient (Wildman–Crippen LogP) is 3.01. The summed E-state index contributed by atoms with van der Waals surface area (Å²) >= 11 is 0. The monoisotopic (exact) mass is 293 g/mol. The Morgan fingerprint density at radius 3 is 2.43 bits per heavy atom. The standard InChI is InChI=1S/C16H17F2NO2/c1-19-10-11-8-13(17)16(14(18)9-11)21-15-5-3-2-4-12(15)6-7-20/h2-5,8-9,19-20H,6-7,10H2,1H3. The maximum absolute atomic E-state index is 14.0. The lowest BCUT2D eigenvalue weighted by atomic mass is 10.1. The second kappa shape index (κ2) is 7.15. The molecule has 0 aliphatic rings. The van der Waals surface area contributed by atoms with Crippen LogP contribution >= 0.6 is 0 Å². The maximum atomic E-state index is 14.0. The summed E-state index contributed by atoms with van der Waals surface area (Å²) in [6.45, 7) is 0.307. The van der Waals surface area contributed by atoms with Gasteiger partial charge in [0.2, 0.25) is 0 Å². The third kappa shape index (κ3) is 3.77. The fraction of sp³-hybridized carbons (Fsp3) is 0.250. The Morgan fingerprint density at radius 2 is 1.81 bits per heavy atom. The van der Waals surface area contributed by atoms with Gasteiger partial charge in [-0.3, -0.25) is 0 Å². The second-order valence-electron chi connectivity index (χ2n) is 4.60. The van der Waals surface area contributed by atoms with Crippen LogP contribution in [-0.4, -0.2) is 18.8 Å². The average Bonchev–Trinajstić information content (AvgIpc) is 2.45. The number of ether oxygens (including phenoxy) is 1. The summed E-state index contributed by atoms with van der Waals surface area (Å²) in [5.41, 5.74) is 1.20. The largest absolute Gasteiger partial charge is 0.451 e. The fourth-order valence-corrected chi connectivity index (χ4v) is 2.06. The molecule has 0 spiro atoms. The van der Waals surface area contributed by atoms with Crippen LogP contribution in [0.15, 0.2) is 36.4 Å². The first-order valence-electron chi connectivity index (χ1n) is 6.65. The van der Waals surface area contributed by atoms with Crippen LogP contribution in [0.4, 0.5) is 8.78 Å². The van der Waals surface area contributed by atoms with E-state index in [-0.39, 0.29) is 6.61 Å². The summed E-state index contributed by atoms with van der Waals surface area (Å²) in [5.74, 6) is -1.59. The molecule has 0 aliphatic heterocycles. The normalized spacial score (nSPS) is 10.7. The van der Waals surface area contributed by atoms with Crippen LogP contribution in [0.1, 0.15) is 11.1 Å². The Hall–Kier alpha value is -1.98. The molecule has 0 fully saturated rings. The lowest BCUT2D eigenvalue weighted by molar-refractivity contribution is 0.297. The predicted molar refractivity (Wildman–Crippen MR) is 76.4 cm³/mol. The van der Waals surface area contributed by atoms with Gasteiger partial charge in [-0.2, -0.15) is 0 Å². The van der Waals surface area contributed by atoms with Gasteiger partial charge >= 0.3 is 0 Å². The number of nitrogens with one attached hydrogen (secondary N) is 1.